The molecule has 4 nitrogen and oxygen atoms in total. The predicted molar refractivity (Wildman–Crippen MR) is 79.4 cm³/mol. The van der Waals surface area contributed by atoms with E-state index >= 15 is 0 Å². The minimum atomic E-state index is -0.678. The molecule has 2 aromatic carbocycles. The first kappa shape index (κ1) is 14.4. The van der Waals surface area contributed by atoms with Gasteiger partial charge in [0.1, 0.15) is 0 Å². The Kier molecular flexibility index (Phi) is 4.61. The molecule has 0 aliphatic rings. The van der Waals surface area contributed by atoms with E-state index in [0.717, 1.165) is 0 Å². The number of hydrogen-bond donors (Lipinski definition) is 2. The van der Waals surface area contributed by atoms with Gasteiger partial charge >= 0.3 is 6.03 Å². The summed E-state index contributed by atoms with van der Waals surface area (Å²) in [5, 5.41) is 5.32. The molecule has 102 valence electrons. The molecule has 0 heterocycles. The van der Waals surface area contributed by atoms with E-state index in [1.807, 2.05) is 0 Å². The van der Waals surface area contributed by atoms with Crippen molar-refractivity contribution in [1.29, 1.82) is 0 Å². The maximum atomic E-state index is 11.9. The van der Waals surface area contributed by atoms with Crippen LogP contribution in [0.1, 0.15) is 10.4 Å². The van der Waals surface area contributed by atoms with Gasteiger partial charge in [0.25, 0.3) is 5.91 Å². The number of amides is 3. The maximum Gasteiger partial charge on any atom is 0.326 e. The summed E-state index contributed by atoms with van der Waals surface area (Å²) in [6.07, 6.45) is 0. The minimum absolute atomic E-state index is 0.225. The highest BCUT2D eigenvalue weighted by molar-refractivity contribution is 6.35. The molecule has 0 aliphatic heterocycles. The number of rotatable bonds is 2. The van der Waals surface area contributed by atoms with Gasteiger partial charge in [-0.05, 0) is 24.3 Å². The van der Waals surface area contributed by atoms with Gasteiger partial charge in [0.05, 0.1) is 21.3 Å². The number of carbonyl (C=O) groups is 2. The van der Waals surface area contributed by atoms with E-state index in [0.29, 0.717) is 10.7 Å². The standard InChI is InChI=1S/C14H10Cl2N2O2/c15-10-6-2-1-5-9(10)13(19)18-14(20)17-12-8-4-3-7-11(12)16/h1-8H,(H2,17,18,19,20). The van der Waals surface area contributed by atoms with Crippen LogP contribution in [-0.4, -0.2) is 11.9 Å². The van der Waals surface area contributed by atoms with Crippen LogP contribution in [0.4, 0.5) is 10.5 Å². The summed E-state index contributed by atoms with van der Waals surface area (Å²) in [7, 11) is 0. The number of anilines is 1. The lowest BCUT2D eigenvalue weighted by Gasteiger charge is -2.08. The number of carbonyl (C=O) groups excluding carboxylic acids is 2. The molecule has 0 aromatic heterocycles. The molecule has 3 amide bonds. The van der Waals surface area contributed by atoms with Crippen LogP contribution >= 0.6 is 23.2 Å². The molecule has 20 heavy (non-hydrogen) atoms. The summed E-state index contributed by atoms with van der Waals surface area (Å²) >= 11 is 11.8. The summed E-state index contributed by atoms with van der Waals surface area (Å²) in [5.74, 6) is -0.583. The third-order valence-corrected chi connectivity index (χ3v) is 3.13. The van der Waals surface area contributed by atoms with Crippen LogP contribution in [0.15, 0.2) is 48.5 Å². The first-order chi connectivity index (χ1) is 9.58. The molecule has 6 heteroatoms. The van der Waals surface area contributed by atoms with Crippen molar-refractivity contribution >= 4 is 40.8 Å². The van der Waals surface area contributed by atoms with E-state index in [9.17, 15) is 9.59 Å². The molecular formula is C14H10Cl2N2O2. The first-order valence-corrected chi connectivity index (χ1v) is 6.45. The van der Waals surface area contributed by atoms with Crippen molar-refractivity contribution < 1.29 is 9.59 Å². The Morgan fingerprint density at radius 1 is 0.850 bits per heavy atom. The van der Waals surface area contributed by atoms with Crippen LogP contribution in [-0.2, 0) is 0 Å². The van der Waals surface area contributed by atoms with Crippen LogP contribution in [0.25, 0.3) is 0 Å². The number of imide groups is 1. The zero-order chi connectivity index (χ0) is 14.5. The lowest BCUT2D eigenvalue weighted by molar-refractivity contribution is 0.0967. The maximum absolute atomic E-state index is 11.9. The van der Waals surface area contributed by atoms with Crippen molar-refractivity contribution in [3.8, 4) is 0 Å². The molecule has 0 fully saturated rings. The van der Waals surface area contributed by atoms with Gasteiger partial charge in [0, 0.05) is 0 Å². The fraction of sp³-hybridized carbons (Fsp3) is 0. The van der Waals surface area contributed by atoms with Crippen LogP contribution in [0.2, 0.25) is 10.0 Å². The van der Waals surface area contributed by atoms with Crippen LogP contribution in [0.3, 0.4) is 0 Å². The van der Waals surface area contributed by atoms with E-state index in [-0.39, 0.29) is 10.6 Å². The van der Waals surface area contributed by atoms with Gasteiger partial charge in [-0.1, -0.05) is 47.5 Å². The van der Waals surface area contributed by atoms with Gasteiger partial charge < -0.3 is 5.32 Å². The third kappa shape index (κ3) is 3.50. The van der Waals surface area contributed by atoms with Crippen molar-refractivity contribution in [2.75, 3.05) is 5.32 Å². The van der Waals surface area contributed by atoms with E-state index < -0.39 is 11.9 Å². The first-order valence-electron chi connectivity index (χ1n) is 5.69. The molecule has 0 unspecified atom stereocenters. The molecule has 0 atom stereocenters. The summed E-state index contributed by atoms with van der Waals surface area (Å²) in [6, 6.07) is 12.5. The number of urea groups is 1. The van der Waals surface area contributed by atoms with Crippen molar-refractivity contribution in [2.24, 2.45) is 0 Å². The van der Waals surface area contributed by atoms with Gasteiger partial charge in [-0.2, -0.15) is 0 Å². The van der Waals surface area contributed by atoms with Gasteiger partial charge in [0.15, 0.2) is 0 Å². The smallest absolute Gasteiger partial charge is 0.306 e. The second-order valence-corrected chi connectivity index (χ2v) is 4.68. The summed E-state index contributed by atoms with van der Waals surface area (Å²) in [4.78, 5) is 23.6. The Morgan fingerprint density at radius 3 is 2.10 bits per heavy atom. The molecule has 0 aliphatic carbocycles. The largest absolute Gasteiger partial charge is 0.326 e. The molecule has 2 aromatic rings. The second kappa shape index (κ2) is 6.41. The molecule has 0 saturated heterocycles. The minimum Gasteiger partial charge on any atom is -0.306 e. The van der Waals surface area contributed by atoms with Crippen LogP contribution < -0.4 is 10.6 Å². The second-order valence-electron chi connectivity index (χ2n) is 3.87. The number of halogens is 2. The average Bonchev–Trinajstić information content (AvgIpc) is 2.41. The highest BCUT2D eigenvalue weighted by Crippen LogP contribution is 2.20. The topological polar surface area (TPSA) is 58.2 Å². The Balaban J connectivity index is 2.04. The van der Waals surface area contributed by atoms with Crippen molar-refractivity contribution in [1.82, 2.24) is 5.32 Å². The van der Waals surface area contributed by atoms with E-state index in [2.05, 4.69) is 10.6 Å². The summed E-state index contributed by atoms with van der Waals surface area (Å²) in [6.45, 7) is 0. The van der Waals surface area contributed by atoms with Crippen LogP contribution in [0.5, 0.6) is 0 Å². The van der Waals surface area contributed by atoms with Gasteiger partial charge in [-0.3, -0.25) is 10.1 Å². The van der Waals surface area contributed by atoms with E-state index in [1.54, 1.807) is 42.5 Å². The fourth-order valence-corrected chi connectivity index (χ4v) is 1.94. The monoisotopic (exact) mass is 308 g/mol. The zero-order valence-electron chi connectivity index (χ0n) is 10.2. The van der Waals surface area contributed by atoms with Crippen molar-refractivity contribution in [3.63, 3.8) is 0 Å². The Morgan fingerprint density at radius 2 is 1.45 bits per heavy atom. The predicted octanol–water partition coefficient (Wildman–Crippen LogP) is 3.96. The fourth-order valence-electron chi connectivity index (χ4n) is 1.53. The normalized spacial score (nSPS) is 9.90. The van der Waals surface area contributed by atoms with Gasteiger partial charge in [-0.15, -0.1) is 0 Å². The molecule has 0 saturated carbocycles. The number of benzene rings is 2. The zero-order valence-corrected chi connectivity index (χ0v) is 11.7. The van der Waals surface area contributed by atoms with E-state index in [1.165, 1.54) is 6.07 Å². The lowest BCUT2D eigenvalue weighted by atomic mass is 10.2. The summed E-state index contributed by atoms with van der Waals surface area (Å²) < 4.78 is 0. The van der Waals surface area contributed by atoms with Crippen LogP contribution in [0, 0.1) is 0 Å². The molecule has 0 bridgehead atoms. The number of nitrogens with one attached hydrogen (secondary N) is 2. The Bertz CT molecular complexity index is 659. The molecule has 2 N–H and O–H groups in total. The van der Waals surface area contributed by atoms with Gasteiger partial charge in [-0.25, -0.2) is 4.79 Å². The quantitative estimate of drug-likeness (QED) is 0.882. The van der Waals surface area contributed by atoms with Gasteiger partial charge in [0.2, 0.25) is 0 Å². The lowest BCUT2D eigenvalue weighted by Crippen LogP contribution is -2.34. The number of hydrogen-bond acceptors (Lipinski definition) is 2. The molecule has 2 rings (SSSR count). The third-order valence-electron chi connectivity index (χ3n) is 2.47. The average molecular weight is 309 g/mol. The molecule has 0 radical (unpaired) electrons. The van der Waals surface area contributed by atoms with Crippen molar-refractivity contribution in [3.05, 3.63) is 64.1 Å². The highest BCUT2D eigenvalue weighted by Gasteiger charge is 2.13. The molecular weight excluding hydrogens is 299 g/mol. The highest BCUT2D eigenvalue weighted by atomic mass is 35.5. The molecule has 0 spiro atoms. The van der Waals surface area contributed by atoms with E-state index in [4.69, 9.17) is 23.2 Å². The Hall–Kier alpha value is -2.04. The van der Waals surface area contributed by atoms with Crippen molar-refractivity contribution in [2.45, 2.75) is 0 Å². The number of para-hydroxylation sites is 1. The summed E-state index contributed by atoms with van der Waals surface area (Å²) in [5.41, 5.74) is 0.641. The SMILES string of the molecule is O=C(NC(=O)c1ccccc1Cl)Nc1ccccc1Cl. The Labute approximate surface area is 125 Å².